The second kappa shape index (κ2) is 31.1. The highest BCUT2D eigenvalue weighted by Crippen LogP contribution is 2.33. The lowest BCUT2D eigenvalue weighted by atomic mass is 10.1. The third kappa shape index (κ3) is 17.8. The van der Waals surface area contributed by atoms with Crippen molar-refractivity contribution < 1.29 is 18.6 Å². The zero-order chi connectivity index (χ0) is 46.5. The molecule has 0 spiro atoms. The lowest BCUT2D eigenvalue weighted by Crippen LogP contribution is -2.33. The fourth-order valence-electron chi connectivity index (χ4n) is 6.55. The maximum atomic E-state index is 11.9. The minimum absolute atomic E-state index is 0. The third-order valence-corrected chi connectivity index (χ3v) is 11.5. The third-order valence-electron chi connectivity index (χ3n) is 10.2. The van der Waals surface area contributed by atoms with Gasteiger partial charge in [-0.1, -0.05) is 153 Å². The fraction of sp³-hybridized carbons (Fsp3) is 0.407. The fourth-order valence-corrected chi connectivity index (χ4v) is 7.52. The van der Waals surface area contributed by atoms with Gasteiger partial charge in [-0.25, -0.2) is 19.9 Å². The van der Waals surface area contributed by atoms with E-state index in [1.165, 1.54) is 9.71 Å². The number of fused-ring (bicyclic) bond motifs is 5. The van der Waals surface area contributed by atoms with Gasteiger partial charge in [0.1, 0.15) is 18.2 Å². The molecule has 0 saturated carbocycles. The Hall–Kier alpha value is -6.37. The number of hydrogen-bond acceptors (Lipinski definition) is 11. The summed E-state index contributed by atoms with van der Waals surface area (Å²) >= 11 is 1.79. The summed E-state index contributed by atoms with van der Waals surface area (Å²) < 4.78 is 25.5. The summed E-state index contributed by atoms with van der Waals surface area (Å²) in [5, 5.41) is 5.01. The van der Waals surface area contributed by atoms with Gasteiger partial charge in [-0.15, -0.1) is 11.3 Å². The maximum Gasteiger partial charge on any atom is 0.261 e. The molecular weight excluding hydrogens is 905 g/mol. The number of thiazole rings is 1. The normalized spacial score (nSPS) is 13.5. The molecule has 12 heteroatoms. The van der Waals surface area contributed by atoms with Crippen LogP contribution in [0.15, 0.2) is 142 Å². The van der Waals surface area contributed by atoms with E-state index in [9.17, 15) is 4.79 Å². The number of aromatic nitrogens is 4. The lowest BCUT2D eigenvalue weighted by Gasteiger charge is -2.28. The van der Waals surface area contributed by atoms with Crippen molar-refractivity contribution >= 4 is 55.6 Å². The standard InChI is InChI=1S/C11H14N2O.C11H12N2O.C11H14O2.C10H11NO.C10H11NS.6CH4/c1-8(2)14-11-9-5-3-4-6-10(9)12-7-13-11;1-8(2)13-7-12-10-6-4-3-5-9(10)11(13)14;1-8(2)11-7-12-9-5-3-4-6-10(9)13-11;2*1-7(2)10-11-8-5-3-4-6-9(8)12-10;;;;;;/h3-8,11H,1-2H3,(H,12,13);3-8H,1-2H3;3-6,8,11H,7H2,1-2H3;2*3-7H,1-2H3;6*1H4. The Balaban J connectivity index is 0.000000846. The quantitative estimate of drug-likeness (QED) is 0.173. The molecule has 3 aromatic heterocycles. The number of para-hydroxylation sites is 7. The van der Waals surface area contributed by atoms with Crippen molar-refractivity contribution in [2.75, 3.05) is 11.9 Å². The highest BCUT2D eigenvalue weighted by molar-refractivity contribution is 7.18. The first-order chi connectivity index (χ1) is 31.3. The van der Waals surface area contributed by atoms with E-state index in [2.05, 4.69) is 85.0 Å². The summed E-state index contributed by atoms with van der Waals surface area (Å²) in [7, 11) is 0. The van der Waals surface area contributed by atoms with Crippen LogP contribution in [-0.2, 0) is 4.74 Å². The molecule has 0 fully saturated rings. The predicted octanol–water partition coefficient (Wildman–Crippen LogP) is 17.2. The average Bonchev–Trinajstić information content (AvgIpc) is 3.96. The van der Waals surface area contributed by atoms with Gasteiger partial charge in [0, 0.05) is 29.1 Å². The topological polar surface area (TPSA) is 126 Å². The van der Waals surface area contributed by atoms with Crippen molar-refractivity contribution in [2.24, 2.45) is 10.9 Å². The Bertz CT molecular complexity index is 2680. The van der Waals surface area contributed by atoms with Crippen molar-refractivity contribution in [1.82, 2.24) is 19.5 Å². The first-order valence-corrected chi connectivity index (χ1v) is 23.2. The van der Waals surface area contributed by atoms with Crippen LogP contribution in [0.5, 0.6) is 11.5 Å². The van der Waals surface area contributed by atoms with Gasteiger partial charge in [0.15, 0.2) is 29.2 Å². The van der Waals surface area contributed by atoms with Crippen molar-refractivity contribution in [1.29, 1.82) is 0 Å². The first kappa shape index (κ1) is 64.6. The number of anilines is 1. The zero-order valence-corrected chi connectivity index (χ0v) is 40.0. The van der Waals surface area contributed by atoms with Crippen LogP contribution in [0.25, 0.3) is 32.2 Å². The van der Waals surface area contributed by atoms with Gasteiger partial charge >= 0.3 is 0 Å². The van der Waals surface area contributed by atoms with Crippen molar-refractivity contribution in [3.63, 3.8) is 0 Å². The van der Waals surface area contributed by atoms with Gasteiger partial charge in [0.2, 0.25) is 0 Å². The number of oxazole rings is 1. The molecule has 0 radical (unpaired) electrons. The Labute approximate surface area is 430 Å². The molecule has 2 unspecified atom stereocenters. The number of benzene rings is 5. The molecule has 5 aromatic carbocycles. The lowest BCUT2D eigenvalue weighted by molar-refractivity contribution is 0.0122. The van der Waals surface area contributed by atoms with Gasteiger partial charge in [-0.2, -0.15) is 0 Å². The molecule has 11 nitrogen and oxygen atoms in total. The van der Waals surface area contributed by atoms with E-state index in [1.54, 1.807) is 28.6 Å². The number of nitrogens with one attached hydrogen (secondary N) is 1. The molecule has 1 N–H and O–H groups in total. The van der Waals surface area contributed by atoms with Gasteiger partial charge in [0.25, 0.3) is 5.56 Å². The molecule has 0 aliphatic carbocycles. The summed E-state index contributed by atoms with van der Waals surface area (Å²) in [5.41, 5.74) is 5.92. The summed E-state index contributed by atoms with van der Waals surface area (Å²) in [6, 6.07) is 39.5. The monoisotopic (exact) mass is 991 g/mol. The number of ether oxygens (including phenoxy) is 3. The summed E-state index contributed by atoms with van der Waals surface area (Å²) in [4.78, 5) is 29.2. The van der Waals surface area contributed by atoms with E-state index < -0.39 is 0 Å². The second-order valence-corrected chi connectivity index (χ2v) is 18.2. The van der Waals surface area contributed by atoms with Crippen LogP contribution in [0.2, 0.25) is 0 Å². The SMILES string of the molecule is C.C.C.C.C.C.CC(C)C1COc2ccccc2O1.CC(C)OC1N=CNc2ccccc21.CC(C)c1nc2ccccc2o1.CC(C)c1nc2ccccc2s1.CC(C)n1cnc2ccccc2c1=O. The minimum atomic E-state index is -0.160. The van der Waals surface area contributed by atoms with Crippen LogP contribution in [0, 0.1) is 5.92 Å². The Morgan fingerprint density at radius 1 is 0.662 bits per heavy atom. The van der Waals surface area contributed by atoms with E-state index in [4.69, 9.17) is 18.6 Å². The average molecular weight is 991 g/mol. The summed E-state index contributed by atoms with van der Waals surface area (Å²) in [6.45, 7) is 21.4. The van der Waals surface area contributed by atoms with Gasteiger partial charge in [-0.3, -0.25) is 9.36 Å². The summed E-state index contributed by atoms with van der Waals surface area (Å²) in [6.07, 6.45) is 3.51. The van der Waals surface area contributed by atoms with Crippen LogP contribution in [-0.4, -0.2) is 44.7 Å². The second-order valence-electron chi connectivity index (χ2n) is 17.1. The van der Waals surface area contributed by atoms with Crippen LogP contribution in [0.3, 0.4) is 0 Å². The van der Waals surface area contributed by atoms with Crippen molar-refractivity contribution in [3.05, 3.63) is 154 Å². The van der Waals surface area contributed by atoms with Crippen LogP contribution >= 0.6 is 11.3 Å². The number of rotatable bonds is 6. The number of nitrogens with zero attached hydrogens (tertiary/aromatic N) is 5. The smallest absolute Gasteiger partial charge is 0.261 e. The number of aliphatic imine (C=N–C) groups is 1. The van der Waals surface area contributed by atoms with E-state index in [0.29, 0.717) is 29.7 Å². The molecule has 10 rings (SSSR count). The van der Waals surface area contributed by atoms with Crippen molar-refractivity contribution in [3.8, 4) is 11.5 Å². The Morgan fingerprint density at radius 3 is 1.87 bits per heavy atom. The predicted molar refractivity (Wildman–Crippen MR) is 307 cm³/mol. The molecule has 2 aliphatic rings. The highest BCUT2D eigenvalue weighted by Gasteiger charge is 2.23. The summed E-state index contributed by atoms with van der Waals surface area (Å²) in [5.74, 6) is 3.94. The van der Waals surface area contributed by atoms with Gasteiger partial charge < -0.3 is 23.9 Å². The van der Waals surface area contributed by atoms with Gasteiger partial charge in [-0.05, 0) is 88.2 Å². The molecule has 5 heterocycles. The molecule has 2 aliphatic heterocycles. The van der Waals surface area contributed by atoms with E-state index in [1.807, 2.05) is 131 Å². The molecule has 71 heavy (non-hydrogen) atoms. The van der Waals surface area contributed by atoms with Gasteiger partial charge in [0.05, 0.1) is 44.9 Å². The molecular formula is C59H86N6O5S. The molecule has 0 bridgehead atoms. The minimum Gasteiger partial charge on any atom is -0.486 e. The Kier molecular flexibility index (Phi) is 28.3. The van der Waals surface area contributed by atoms with E-state index in [-0.39, 0.29) is 74.6 Å². The molecule has 388 valence electrons. The first-order valence-electron chi connectivity index (χ1n) is 22.4. The maximum absolute atomic E-state index is 11.9. The largest absolute Gasteiger partial charge is 0.486 e. The molecule has 8 aromatic rings. The van der Waals surface area contributed by atoms with E-state index in [0.717, 1.165) is 50.8 Å². The highest BCUT2D eigenvalue weighted by atomic mass is 32.1. The molecule has 0 amide bonds. The number of hydrogen-bond donors (Lipinski definition) is 1. The Morgan fingerprint density at radius 2 is 1.25 bits per heavy atom. The molecule has 0 saturated heterocycles. The van der Waals surface area contributed by atoms with Crippen molar-refractivity contribution in [2.45, 2.75) is 150 Å². The van der Waals surface area contributed by atoms with Crippen LogP contribution in [0.1, 0.15) is 154 Å². The molecule has 2 atom stereocenters. The zero-order valence-electron chi connectivity index (χ0n) is 39.1. The van der Waals surface area contributed by atoms with Crippen LogP contribution in [0.4, 0.5) is 5.69 Å². The van der Waals surface area contributed by atoms with Crippen LogP contribution < -0.4 is 20.3 Å². The van der Waals surface area contributed by atoms with E-state index >= 15 is 0 Å².